The molecule has 0 bridgehead atoms. The maximum atomic E-state index is 13.3. The molecule has 0 aliphatic carbocycles. The number of ether oxygens (including phenoxy) is 3. The van der Waals surface area contributed by atoms with Gasteiger partial charge in [-0.1, -0.05) is 6.07 Å². The number of carbonyl (C=O) groups excluding carboxylic acids is 3. The van der Waals surface area contributed by atoms with Crippen molar-refractivity contribution in [3.8, 4) is 11.5 Å². The highest BCUT2D eigenvalue weighted by atomic mass is 16.6. The van der Waals surface area contributed by atoms with Crippen LogP contribution in [-0.4, -0.2) is 60.7 Å². The second-order valence-electron chi connectivity index (χ2n) is 8.69. The number of amides is 3. The van der Waals surface area contributed by atoms with E-state index >= 15 is 0 Å². The van der Waals surface area contributed by atoms with Crippen LogP contribution < -0.4 is 14.8 Å². The third kappa shape index (κ3) is 3.86. The molecule has 0 unspecified atom stereocenters. The number of rotatable bonds is 7. The molecule has 3 heterocycles. The van der Waals surface area contributed by atoms with Gasteiger partial charge >= 0.3 is 6.03 Å². The number of hydrogen-bond donors (Lipinski definition) is 1. The van der Waals surface area contributed by atoms with Crippen molar-refractivity contribution in [2.24, 2.45) is 0 Å². The first-order chi connectivity index (χ1) is 15.7. The Labute approximate surface area is 192 Å². The van der Waals surface area contributed by atoms with E-state index in [1.165, 1.54) is 0 Å². The van der Waals surface area contributed by atoms with Gasteiger partial charge < -0.3 is 24.1 Å². The molecule has 33 heavy (non-hydrogen) atoms. The van der Waals surface area contributed by atoms with Crippen molar-refractivity contribution < 1.29 is 28.6 Å². The van der Waals surface area contributed by atoms with E-state index in [4.69, 9.17) is 14.2 Å². The number of Topliss-reactive ketones (excluding diaryl/α,β-unsaturated/α-hetero) is 1. The average Bonchev–Trinajstić information content (AvgIpc) is 3.21. The second kappa shape index (κ2) is 8.55. The predicted octanol–water partition coefficient (Wildman–Crippen LogP) is 2.73. The van der Waals surface area contributed by atoms with Crippen LogP contribution in [0.5, 0.6) is 11.5 Å². The summed E-state index contributed by atoms with van der Waals surface area (Å²) in [6.07, 6.45) is 0. The van der Waals surface area contributed by atoms with Crippen molar-refractivity contribution in [2.75, 3.05) is 33.5 Å². The minimum atomic E-state index is -1.31. The van der Waals surface area contributed by atoms with Crippen molar-refractivity contribution >= 4 is 17.7 Å². The number of nitrogens with one attached hydrogen (secondary N) is 1. The number of carbonyl (C=O) groups is 3. The molecule has 0 radical (unpaired) electrons. The van der Waals surface area contributed by atoms with Gasteiger partial charge in [-0.25, -0.2) is 4.79 Å². The second-order valence-corrected chi connectivity index (χ2v) is 8.69. The van der Waals surface area contributed by atoms with Gasteiger partial charge in [0.2, 0.25) is 0 Å². The van der Waals surface area contributed by atoms with E-state index in [0.717, 1.165) is 16.3 Å². The first-order valence-electron chi connectivity index (χ1n) is 10.9. The van der Waals surface area contributed by atoms with Gasteiger partial charge in [0.05, 0.1) is 19.2 Å². The fraction of sp³-hybridized carbons (Fsp3) is 0.458. The molecule has 2 aliphatic rings. The van der Waals surface area contributed by atoms with Gasteiger partial charge in [0.1, 0.15) is 18.8 Å². The summed E-state index contributed by atoms with van der Waals surface area (Å²) in [5, 5.41) is 2.74. The number of urea groups is 1. The quantitative estimate of drug-likeness (QED) is 0.509. The van der Waals surface area contributed by atoms with Crippen molar-refractivity contribution in [2.45, 2.75) is 39.3 Å². The van der Waals surface area contributed by atoms with Crippen LogP contribution in [0.2, 0.25) is 0 Å². The van der Waals surface area contributed by atoms with Crippen LogP contribution in [0.15, 0.2) is 24.3 Å². The van der Waals surface area contributed by atoms with Crippen LogP contribution >= 0.6 is 0 Å². The maximum Gasteiger partial charge on any atom is 0.325 e. The van der Waals surface area contributed by atoms with E-state index in [0.29, 0.717) is 42.4 Å². The summed E-state index contributed by atoms with van der Waals surface area (Å²) in [7, 11) is 1.63. The molecular weight excluding hydrogens is 426 g/mol. The Kier molecular flexibility index (Phi) is 5.92. The van der Waals surface area contributed by atoms with Gasteiger partial charge in [-0.15, -0.1) is 0 Å². The lowest BCUT2D eigenvalue weighted by atomic mass is 9.91. The van der Waals surface area contributed by atoms with E-state index in [1.54, 1.807) is 38.3 Å². The van der Waals surface area contributed by atoms with Crippen LogP contribution in [0, 0.1) is 13.8 Å². The molecule has 2 aromatic rings. The molecule has 3 amide bonds. The van der Waals surface area contributed by atoms with E-state index < -0.39 is 17.5 Å². The van der Waals surface area contributed by atoms with E-state index in [-0.39, 0.29) is 18.4 Å². The molecule has 1 fully saturated rings. The van der Waals surface area contributed by atoms with Gasteiger partial charge in [-0.2, -0.15) is 0 Å². The molecular formula is C24H29N3O6. The number of methoxy groups -OCH3 is 1. The Morgan fingerprint density at radius 3 is 2.58 bits per heavy atom. The Morgan fingerprint density at radius 1 is 1.18 bits per heavy atom. The topological polar surface area (TPSA) is 99.1 Å². The minimum absolute atomic E-state index is 0.0479. The van der Waals surface area contributed by atoms with E-state index in [9.17, 15) is 14.4 Å². The molecule has 4 rings (SSSR count). The van der Waals surface area contributed by atoms with Gasteiger partial charge in [-0.3, -0.25) is 14.5 Å². The van der Waals surface area contributed by atoms with Gasteiger partial charge in [0.25, 0.3) is 5.91 Å². The van der Waals surface area contributed by atoms with Crippen molar-refractivity contribution in [1.82, 2.24) is 14.8 Å². The molecule has 1 saturated heterocycles. The SMILES string of the molecule is COC[C@H](C)n1c(C)cc(C(=O)CN2C(=O)N[C@](C)(c3ccc4c(c3)OCCO4)C2=O)c1C. The zero-order valence-electron chi connectivity index (χ0n) is 19.6. The number of ketones is 1. The highest BCUT2D eigenvalue weighted by Gasteiger charge is 2.50. The molecule has 176 valence electrons. The Balaban J connectivity index is 1.57. The molecule has 1 N–H and O–H groups in total. The Morgan fingerprint density at radius 2 is 1.88 bits per heavy atom. The first-order valence-corrected chi connectivity index (χ1v) is 10.9. The minimum Gasteiger partial charge on any atom is -0.486 e. The number of aryl methyl sites for hydroxylation is 1. The fourth-order valence-electron chi connectivity index (χ4n) is 4.67. The van der Waals surface area contributed by atoms with Crippen molar-refractivity contribution in [3.63, 3.8) is 0 Å². The molecule has 2 aliphatic heterocycles. The highest BCUT2D eigenvalue weighted by molar-refractivity contribution is 6.11. The number of hydrogen-bond acceptors (Lipinski definition) is 6. The molecule has 0 saturated carbocycles. The number of aromatic nitrogens is 1. The largest absolute Gasteiger partial charge is 0.486 e. The zero-order chi connectivity index (χ0) is 23.9. The number of imide groups is 1. The molecule has 2 atom stereocenters. The number of fused-ring (bicyclic) bond motifs is 1. The summed E-state index contributed by atoms with van der Waals surface area (Å²) >= 11 is 0. The first kappa shape index (κ1) is 22.8. The third-order valence-corrected chi connectivity index (χ3v) is 6.33. The summed E-state index contributed by atoms with van der Waals surface area (Å²) in [4.78, 5) is 40.2. The summed E-state index contributed by atoms with van der Waals surface area (Å²) in [6, 6.07) is 6.38. The smallest absolute Gasteiger partial charge is 0.325 e. The molecule has 9 nitrogen and oxygen atoms in total. The monoisotopic (exact) mass is 455 g/mol. The molecule has 1 aromatic heterocycles. The maximum absolute atomic E-state index is 13.3. The van der Waals surface area contributed by atoms with E-state index in [2.05, 4.69) is 5.32 Å². The molecule has 1 aromatic carbocycles. The number of benzene rings is 1. The zero-order valence-corrected chi connectivity index (χ0v) is 19.6. The lowest BCUT2D eigenvalue weighted by Gasteiger charge is -2.25. The van der Waals surface area contributed by atoms with Crippen molar-refractivity contribution in [1.29, 1.82) is 0 Å². The highest BCUT2D eigenvalue weighted by Crippen LogP contribution is 2.37. The van der Waals surface area contributed by atoms with Crippen LogP contribution in [0.25, 0.3) is 0 Å². The van der Waals surface area contributed by atoms with Crippen LogP contribution in [-0.2, 0) is 15.1 Å². The standard InChI is InChI=1S/C24H29N3O6/c1-14-10-18(16(3)27(14)15(2)13-31-5)19(28)12-26-22(29)24(4,25-23(26)30)17-6-7-20-21(11-17)33-9-8-32-20/h6-7,10-11,15H,8-9,12-13H2,1-5H3,(H,25,30)/t15-,24+/m0/s1. The van der Waals surface area contributed by atoms with Gasteiger partial charge in [0.15, 0.2) is 17.3 Å². The predicted molar refractivity (Wildman–Crippen MR) is 120 cm³/mol. The Bertz CT molecular complexity index is 1120. The fourth-order valence-corrected chi connectivity index (χ4v) is 4.67. The van der Waals surface area contributed by atoms with E-state index in [1.807, 2.05) is 25.3 Å². The lowest BCUT2D eigenvalue weighted by molar-refractivity contribution is -0.130. The van der Waals surface area contributed by atoms with Gasteiger partial charge in [-0.05, 0) is 51.5 Å². The average molecular weight is 456 g/mol. The molecule has 0 spiro atoms. The molecule has 9 heteroatoms. The Hall–Kier alpha value is -3.33. The number of nitrogens with zero attached hydrogens (tertiary/aromatic N) is 2. The normalized spacial score (nSPS) is 20.7. The summed E-state index contributed by atoms with van der Waals surface area (Å²) in [5.74, 6) is 0.331. The summed E-state index contributed by atoms with van der Waals surface area (Å²) in [5.41, 5.74) is 1.44. The third-order valence-electron chi connectivity index (χ3n) is 6.33. The van der Waals surface area contributed by atoms with Crippen LogP contribution in [0.3, 0.4) is 0 Å². The summed E-state index contributed by atoms with van der Waals surface area (Å²) in [6.45, 7) is 8.45. The summed E-state index contributed by atoms with van der Waals surface area (Å²) < 4.78 is 18.4. The van der Waals surface area contributed by atoms with Crippen LogP contribution in [0.4, 0.5) is 4.79 Å². The van der Waals surface area contributed by atoms with Crippen molar-refractivity contribution in [3.05, 3.63) is 46.8 Å². The lowest BCUT2D eigenvalue weighted by Crippen LogP contribution is -2.41. The van der Waals surface area contributed by atoms with Crippen LogP contribution in [0.1, 0.15) is 47.2 Å². The van der Waals surface area contributed by atoms with Gasteiger partial charge in [0, 0.05) is 24.1 Å².